The van der Waals surface area contributed by atoms with Gasteiger partial charge < -0.3 is 10.2 Å². The van der Waals surface area contributed by atoms with Crippen molar-refractivity contribution in [2.45, 2.75) is 25.2 Å². The monoisotopic (exact) mass is 250 g/mol. The van der Waals surface area contributed by atoms with Crippen molar-refractivity contribution in [1.29, 1.82) is 0 Å². The van der Waals surface area contributed by atoms with E-state index in [1.165, 1.54) is 10.5 Å². The molecule has 0 saturated carbocycles. The van der Waals surface area contributed by atoms with Gasteiger partial charge in [-0.05, 0) is 36.7 Å². The van der Waals surface area contributed by atoms with Crippen LogP contribution in [-0.4, -0.2) is 24.9 Å². The zero-order chi connectivity index (χ0) is 12.3. The van der Waals surface area contributed by atoms with E-state index in [-0.39, 0.29) is 5.91 Å². The molecule has 1 heterocycles. The van der Waals surface area contributed by atoms with Gasteiger partial charge >= 0.3 is 0 Å². The fraction of sp³-hybridized carbons (Fsp3) is 0.462. The minimum atomic E-state index is 0.136. The maximum Gasteiger partial charge on any atom is 0.223 e. The number of carbonyl (C=O) groups excluding carboxylic acids is 1. The Kier molecular flexibility index (Phi) is 4.07. The van der Waals surface area contributed by atoms with E-state index in [4.69, 9.17) is 0 Å². The highest BCUT2D eigenvalue weighted by Crippen LogP contribution is 2.31. The Hall–Kier alpha value is -1.00. The second-order valence-corrected chi connectivity index (χ2v) is 5.15. The third kappa shape index (κ3) is 2.82. The number of fused-ring (bicyclic) bond motifs is 1. The quantitative estimate of drug-likeness (QED) is 0.505. The molecule has 4 heteroatoms. The fourth-order valence-corrected chi connectivity index (χ4v) is 2.89. The molecular formula is C13H18N2OS. The van der Waals surface area contributed by atoms with Crippen LogP contribution >= 0.6 is 11.8 Å². The topological polar surface area (TPSA) is 32.3 Å². The fourth-order valence-electron chi connectivity index (χ4n) is 2.03. The third-order valence-corrected chi connectivity index (χ3v) is 3.85. The van der Waals surface area contributed by atoms with Crippen molar-refractivity contribution >= 4 is 23.4 Å². The molecule has 0 saturated heterocycles. The summed E-state index contributed by atoms with van der Waals surface area (Å²) in [5, 5.41) is 3.29. The van der Waals surface area contributed by atoms with Crippen molar-refractivity contribution in [2.75, 3.05) is 23.9 Å². The van der Waals surface area contributed by atoms with Crippen LogP contribution in [0.25, 0.3) is 0 Å². The van der Waals surface area contributed by atoms with Crippen LogP contribution in [0.2, 0.25) is 0 Å². The minimum Gasteiger partial charge on any atom is -0.312 e. The zero-order valence-electron chi connectivity index (χ0n) is 10.3. The zero-order valence-corrected chi connectivity index (χ0v) is 11.1. The lowest BCUT2D eigenvalue weighted by Gasteiger charge is -2.14. The first-order chi connectivity index (χ1) is 8.22. The van der Waals surface area contributed by atoms with E-state index in [0.29, 0.717) is 0 Å². The number of rotatable bonds is 4. The summed E-state index contributed by atoms with van der Waals surface area (Å²) < 4.78 is 0. The third-order valence-electron chi connectivity index (χ3n) is 2.92. The lowest BCUT2D eigenvalue weighted by molar-refractivity contribution is -0.116. The number of benzene rings is 1. The number of anilines is 1. The predicted molar refractivity (Wildman–Crippen MR) is 72.6 cm³/mol. The average molecular weight is 250 g/mol. The Balaban J connectivity index is 2.08. The number of amides is 1. The van der Waals surface area contributed by atoms with E-state index < -0.39 is 0 Å². The van der Waals surface area contributed by atoms with Gasteiger partial charge in [-0.3, -0.25) is 4.79 Å². The molecule has 0 unspecified atom stereocenters. The van der Waals surface area contributed by atoms with Gasteiger partial charge in [-0.2, -0.15) is 0 Å². The maximum atomic E-state index is 11.4. The summed E-state index contributed by atoms with van der Waals surface area (Å²) in [6, 6.07) is 6.38. The van der Waals surface area contributed by atoms with E-state index in [1.807, 2.05) is 4.90 Å². The first-order valence-electron chi connectivity index (χ1n) is 5.97. The van der Waals surface area contributed by atoms with E-state index in [1.54, 1.807) is 18.7 Å². The first-order valence-corrected chi connectivity index (χ1v) is 6.95. The van der Waals surface area contributed by atoms with Gasteiger partial charge in [-0.15, -0.1) is 11.8 Å². The lowest BCUT2D eigenvalue weighted by atomic mass is 10.2. The summed E-state index contributed by atoms with van der Waals surface area (Å²) in [5.74, 6) is 1.07. The number of hydrogen-bond donors (Lipinski definition) is 1. The molecule has 17 heavy (non-hydrogen) atoms. The second kappa shape index (κ2) is 5.56. The number of nitrogens with zero attached hydrogens (tertiary/aromatic N) is 1. The second-order valence-electron chi connectivity index (χ2n) is 4.10. The summed E-state index contributed by atoms with van der Waals surface area (Å²) in [6.07, 6.45) is 0.977. The number of hydrogen-bond acceptors (Lipinski definition) is 3. The Bertz CT molecular complexity index is 420. The summed E-state index contributed by atoms with van der Waals surface area (Å²) in [7, 11) is 0. The van der Waals surface area contributed by atoms with Crippen molar-refractivity contribution in [3.8, 4) is 0 Å². The molecular weight excluding hydrogens is 232 g/mol. The van der Waals surface area contributed by atoms with Crippen LogP contribution in [-0.2, 0) is 11.2 Å². The number of thioether (sulfide) groups is 1. The van der Waals surface area contributed by atoms with Crippen molar-refractivity contribution in [3.05, 3.63) is 23.8 Å². The Morgan fingerprint density at radius 2 is 2.35 bits per heavy atom. The molecule has 0 spiro atoms. The Labute approximate surface area is 107 Å². The summed E-state index contributed by atoms with van der Waals surface area (Å²) >= 11 is 1.81. The smallest absolute Gasteiger partial charge is 0.223 e. The van der Waals surface area contributed by atoms with Crippen molar-refractivity contribution in [3.63, 3.8) is 0 Å². The van der Waals surface area contributed by atoms with Crippen LogP contribution in [0.4, 0.5) is 5.69 Å². The minimum absolute atomic E-state index is 0.136. The maximum absolute atomic E-state index is 11.4. The molecule has 92 valence electrons. The number of nitrogens with one attached hydrogen (secondary N) is 1. The molecule has 1 aliphatic heterocycles. The van der Waals surface area contributed by atoms with Crippen molar-refractivity contribution < 1.29 is 4.79 Å². The summed E-state index contributed by atoms with van der Waals surface area (Å²) in [5.41, 5.74) is 2.38. The highest BCUT2D eigenvalue weighted by atomic mass is 32.2. The van der Waals surface area contributed by atoms with Gasteiger partial charge in [0.1, 0.15) is 0 Å². The molecule has 1 amide bonds. The van der Waals surface area contributed by atoms with Crippen LogP contribution in [0.1, 0.15) is 19.4 Å². The van der Waals surface area contributed by atoms with E-state index in [9.17, 15) is 4.79 Å². The molecule has 3 nitrogen and oxygen atoms in total. The van der Waals surface area contributed by atoms with Gasteiger partial charge in [0.2, 0.25) is 5.91 Å². The predicted octanol–water partition coefficient (Wildman–Crippen LogP) is 2.25. The van der Waals surface area contributed by atoms with Crippen molar-refractivity contribution in [2.24, 2.45) is 0 Å². The van der Waals surface area contributed by atoms with Crippen LogP contribution in [0.15, 0.2) is 23.1 Å². The molecule has 2 rings (SSSR count). The normalized spacial score (nSPS) is 13.9. The van der Waals surface area contributed by atoms with E-state index >= 15 is 0 Å². The van der Waals surface area contributed by atoms with Crippen molar-refractivity contribution in [1.82, 2.24) is 5.32 Å². The largest absolute Gasteiger partial charge is 0.312 e. The summed E-state index contributed by atoms with van der Waals surface area (Å²) in [4.78, 5) is 14.5. The Morgan fingerprint density at radius 3 is 3.06 bits per heavy atom. The van der Waals surface area contributed by atoms with E-state index in [2.05, 4.69) is 30.4 Å². The average Bonchev–Trinajstić information content (AvgIpc) is 2.72. The van der Waals surface area contributed by atoms with Gasteiger partial charge in [-0.25, -0.2) is 0 Å². The molecule has 0 atom stereocenters. The van der Waals surface area contributed by atoms with Gasteiger partial charge in [-0.1, -0.05) is 6.92 Å². The van der Waals surface area contributed by atoms with Gasteiger partial charge in [0.15, 0.2) is 0 Å². The molecule has 0 aliphatic carbocycles. The highest BCUT2D eigenvalue weighted by molar-refractivity contribution is 7.99. The van der Waals surface area contributed by atoms with Crippen LogP contribution in [0.3, 0.4) is 0 Å². The standard InChI is InChI=1S/C13H18N2OS/c1-3-14-9-17-12-4-5-13-11(8-12)6-7-15(13)10(2)16/h4-5,8,14H,3,6-7,9H2,1-2H3. The van der Waals surface area contributed by atoms with Crippen LogP contribution < -0.4 is 10.2 Å². The molecule has 0 aromatic heterocycles. The molecule has 1 aliphatic rings. The molecule has 0 radical (unpaired) electrons. The first kappa shape index (κ1) is 12.5. The molecule has 0 fully saturated rings. The molecule has 1 aromatic rings. The molecule has 1 aromatic carbocycles. The summed E-state index contributed by atoms with van der Waals surface area (Å²) in [6.45, 7) is 5.55. The molecule has 0 bridgehead atoms. The number of carbonyl (C=O) groups is 1. The van der Waals surface area contributed by atoms with Gasteiger partial charge in [0, 0.05) is 29.9 Å². The van der Waals surface area contributed by atoms with E-state index in [0.717, 1.165) is 31.1 Å². The van der Waals surface area contributed by atoms with Crippen LogP contribution in [0, 0.1) is 0 Å². The SMILES string of the molecule is CCNCSc1ccc2c(c1)CCN2C(C)=O. The van der Waals surface area contributed by atoms with Crippen LogP contribution in [0.5, 0.6) is 0 Å². The molecule has 1 N–H and O–H groups in total. The van der Waals surface area contributed by atoms with Gasteiger partial charge in [0.25, 0.3) is 0 Å². The van der Waals surface area contributed by atoms with Gasteiger partial charge in [0.05, 0.1) is 0 Å². The Morgan fingerprint density at radius 1 is 1.53 bits per heavy atom. The lowest BCUT2D eigenvalue weighted by Crippen LogP contribution is -2.25. The highest BCUT2D eigenvalue weighted by Gasteiger charge is 2.21.